The molecule has 0 aliphatic rings. The van der Waals surface area contributed by atoms with Gasteiger partial charge in [-0.25, -0.2) is 4.21 Å². The first kappa shape index (κ1) is 9.67. The quantitative estimate of drug-likeness (QED) is 0.695. The maximum atomic E-state index is 10.7. The van der Waals surface area contributed by atoms with Crippen molar-refractivity contribution in [3.63, 3.8) is 0 Å². The summed E-state index contributed by atoms with van der Waals surface area (Å²) in [5.74, 6) is -0.635. The fraction of sp³-hybridized carbons (Fsp3) is 0.111. The van der Waals surface area contributed by atoms with Crippen LogP contribution in [0.3, 0.4) is 0 Å². The van der Waals surface area contributed by atoms with E-state index >= 15 is 0 Å². The van der Waals surface area contributed by atoms with E-state index in [1.807, 2.05) is 30.3 Å². The lowest BCUT2D eigenvalue weighted by molar-refractivity contribution is -0.111. The number of amides is 1. The Kier molecular flexibility index (Phi) is 3.40. The van der Waals surface area contributed by atoms with Crippen molar-refractivity contribution in [3.8, 4) is 0 Å². The van der Waals surface area contributed by atoms with Crippen LogP contribution >= 0.6 is 0 Å². The first-order valence-electron chi connectivity index (χ1n) is 3.73. The number of hydrogen-bond donors (Lipinski definition) is 1. The van der Waals surface area contributed by atoms with Crippen LogP contribution in [0.5, 0.6) is 0 Å². The Balaban J connectivity index is 2.80. The van der Waals surface area contributed by atoms with Gasteiger partial charge < -0.3 is 5.73 Å². The van der Waals surface area contributed by atoms with Gasteiger partial charge in [-0.15, -0.1) is 0 Å². The number of carbonyl (C=O) groups excluding carboxylic acids is 1. The van der Waals surface area contributed by atoms with Crippen LogP contribution in [0, 0.1) is 0 Å². The van der Waals surface area contributed by atoms with E-state index in [4.69, 9.17) is 5.73 Å². The molecule has 13 heavy (non-hydrogen) atoms. The highest BCUT2D eigenvalue weighted by molar-refractivity contribution is 7.68. The summed E-state index contributed by atoms with van der Waals surface area (Å²) in [5, 5.41) is 0. The molecule has 3 nitrogen and oxygen atoms in total. The minimum absolute atomic E-state index is 0.145. The van der Waals surface area contributed by atoms with E-state index < -0.39 is 5.91 Å². The van der Waals surface area contributed by atoms with Crippen molar-refractivity contribution in [3.05, 3.63) is 35.9 Å². The fourth-order valence-corrected chi connectivity index (χ4v) is 1.25. The summed E-state index contributed by atoms with van der Waals surface area (Å²) < 4.78 is 10.5. The summed E-state index contributed by atoms with van der Waals surface area (Å²) in [6.45, 7) is 0. The standard InChI is InChI=1S/C9H9NO2S/c10-9(11)8(13-12)6-7-4-2-1-3-5-7/h1-5H,6H2,(H2,10,11). The van der Waals surface area contributed by atoms with Crippen molar-refractivity contribution in [2.24, 2.45) is 5.73 Å². The van der Waals surface area contributed by atoms with Gasteiger partial charge >= 0.3 is 0 Å². The molecule has 0 saturated heterocycles. The second-order valence-electron chi connectivity index (χ2n) is 2.53. The van der Waals surface area contributed by atoms with Gasteiger partial charge in [0.05, 0.1) is 11.3 Å². The van der Waals surface area contributed by atoms with E-state index in [0.717, 1.165) is 5.56 Å². The van der Waals surface area contributed by atoms with Crippen LogP contribution in [0.25, 0.3) is 0 Å². The fourth-order valence-electron chi connectivity index (χ4n) is 0.939. The number of hydrogen-bond acceptors (Lipinski definition) is 2. The molecule has 1 amide bonds. The molecule has 1 rings (SSSR count). The lowest BCUT2D eigenvalue weighted by atomic mass is 10.1. The molecule has 2 N–H and O–H groups in total. The maximum absolute atomic E-state index is 10.7. The summed E-state index contributed by atoms with van der Waals surface area (Å²) in [4.78, 5) is 10.8. The third kappa shape index (κ3) is 2.83. The summed E-state index contributed by atoms with van der Waals surface area (Å²) in [5.41, 5.74) is 5.91. The van der Waals surface area contributed by atoms with Gasteiger partial charge in [-0.05, 0) is 5.56 Å². The van der Waals surface area contributed by atoms with E-state index in [-0.39, 0.29) is 16.1 Å². The summed E-state index contributed by atoms with van der Waals surface area (Å²) >= 11 is 0.165. The Morgan fingerprint density at radius 2 is 1.92 bits per heavy atom. The molecule has 0 aliphatic heterocycles. The minimum atomic E-state index is -0.635. The van der Waals surface area contributed by atoms with Crippen LogP contribution in [-0.2, 0) is 22.5 Å². The molecular formula is C9H9NO2S. The Bertz CT molecular complexity index is 355. The van der Waals surface area contributed by atoms with Gasteiger partial charge in [-0.1, -0.05) is 30.3 Å². The van der Waals surface area contributed by atoms with Crippen molar-refractivity contribution < 1.29 is 9.00 Å². The predicted molar refractivity (Wildman–Crippen MR) is 52.5 cm³/mol. The number of rotatable bonds is 3. The Morgan fingerprint density at radius 3 is 2.38 bits per heavy atom. The Hall–Kier alpha value is -1.42. The molecule has 0 heterocycles. The summed E-state index contributed by atoms with van der Waals surface area (Å²) in [6, 6.07) is 9.27. The van der Waals surface area contributed by atoms with Crippen LogP contribution in [0.4, 0.5) is 0 Å². The van der Waals surface area contributed by atoms with Crippen LogP contribution in [0.15, 0.2) is 30.3 Å². The zero-order valence-electron chi connectivity index (χ0n) is 6.90. The van der Waals surface area contributed by atoms with Gasteiger partial charge in [0, 0.05) is 6.42 Å². The van der Waals surface area contributed by atoms with Gasteiger partial charge in [0.15, 0.2) is 0 Å². The number of nitrogens with two attached hydrogens (primary N) is 1. The van der Waals surface area contributed by atoms with Crippen molar-refractivity contribution >= 4 is 22.0 Å². The van der Waals surface area contributed by atoms with Gasteiger partial charge in [0.2, 0.25) is 0 Å². The summed E-state index contributed by atoms with van der Waals surface area (Å²) in [6.07, 6.45) is 0.324. The molecule has 0 aromatic heterocycles. The van der Waals surface area contributed by atoms with E-state index in [0.29, 0.717) is 6.42 Å². The van der Waals surface area contributed by atoms with Gasteiger partial charge in [0.1, 0.15) is 4.86 Å². The second kappa shape index (κ2) is 4.57. The highest BCUT2D eigenvalue weighted by atomic mass is 32.1. The molecular weight excluding hydrogens is 186 g/mol. The second-order valence-corrected chi connectivity index (χ2v) is 3.19. The molecule has 0 bridgehead atoms. The predicted octanol–water partition coefficient (Wildman–Crippen LogP) is 0.0998. The summed E-state index contributed by atoms with van der Waals surface area (Å²) in [7, 11) is 0. The topological polar surface area (TPSA) is 60.2 Å². The van der Waals surface area contributed by atoms with E-state index in [1.54, 1.807) is 0 Å². The number of benzene rings is 1. The first-order chi connectivity index (χ1) is 6.24. The molecule has 0 atom stereocenters. The molecule has 1 aromatic carbocycles. The Morgan fingerprint density at radius 1 is 1.31 bits per heavy atom. The highest BCUT2D eigenvalue weighted by Crippen LogP contribution is 1.99. The molecule has 0 radical (unpaired) electrons. The average Bonchev–Trinajstić information content (AvgIpc) is 2.15. The van der Waals surface area contributed by atoms with Crippen molar-refractivity contribution in [1.29, 1.82) is 0 Å². The van der Waals surface area contributed by atoms with Crippen molar-refractivity contribution in [2.45, 2.75) is 6.42 Å². The first-order valence-corrected chi connectivity index (χ1v) is 4.47. The lowest BCUT2D eigenvalue weighted by Crippen LogP contribution is -2.24. The van der Waals surface area contributed by atoms with E-state index in [1.165, 1.54) is 0 Å². The normalized spacial score (nSPS) is 9.23. The molecule has 0 aliphatic carbocycles. The maximum Gasteiger partial charge on any atom is 0.258 e. The molecule has 68 valence electrons. The molecule has 0 fully saturated rings. The average molecular weight is 195 g/mol. The molecule has 0 saturated carbocycles. The SMILES string of the molecule is NC(=O)C(Cc1ccccc1)=S=O. The van der Waals surface area contributed by atoms with Crippen LogP contribution in [0.1, 0.15) is 5.56 Å². The zero-order valence-corrected chi connectivity index (χ0v) is 7.71. The largest absolute Gasteiger partial charge is 0.365 e. The molecule has 0 spiro atoms. The van der Waals surface area contributed by atoms with Gasteiger partial charge in [0.25, 0.3) is 5.91 Å². The molecule has 0 unspecified atom stereocenters. The molecule has 1 aromatic rings. The third-order valence-electron chi connectivity index (χ3n) is 1.58. The Labute approximate surface area is 79.6 Å². The highest BCUT2D eigenvalue weighted by Gasteiger charge is 2.06. The zero-order chi connectivity index (χ0) is 9.68. The van der Waals surface area contributed by atoms with Crippen LogP contribution < -0.4 is 5.73 Å². The number of carbonyl (C=O) groups is 1. The molecule has 4 heteroatoms. The third-order valence-corrected chi connectivity index (χ3v) is 2.13. The lowest BCUT2D eigenvalue weighted by Gasteiger charge is -1.97. The van der Waals surface area contributed by atoms with E-state index in [2.05, 4.69) is 0 Å². The smallest absolute Gasteiger partial charge is 0.258 e. The number of primary amides is 1. The van der Waals surface area contributed by atoms with Gasteiger partial charge in [-0.2, -0.15) is 0 Å². The van der Waals surface area contributed by atoms with Crippen molar-refractivity contribution in [2.75, 3.05) is 0 Å². The minimum Gasteiger partial charge on any atom is -0.365 e. The van der Waals surface area contributed by atoms with Crippen molar-refractivity contribution in [1.82, 2.24) is 0 Å². The monoisotopic (exact) mass is 195 g/mol. The van der Waals surface area contributed by atoms with Crippen LogP contribution in [0.2, 0.25) is 0 Å². The van der Waals surface area contributed by atoms with E-state index in [9.17, 15) is 9.00 Å². The van der Waals surface area contributed by atoms with Gasteiger partial charge in [-0.3, -0.25) is 4.79 Å². The van der Waals surface area contributed by atoms with Crippen LogP contribution in [-0.4, -0.2) is 15.0 Å².